The van der Waals surface area contributed by atoms with Gasteiger partial charge in [0.05, 0.1) is 5.39 Å². The molecule has 4 aromatic rings. The summed E-state index contributed by atoms with van der Waals surface area (Å²) in [6, 6.07) is 9.25. The lowest BCUT2D eigenvalue weighted by Crippen LogP contribution is -1.98. The van der Waals surface area contributed by atoms with Crippen LogP contribution in [0.5, 0.6) is 0 Å². The Balaban J connectivity index is 2.50. The second-order valence-corrected chi connectivity index (χ2v) is 4.74. The summed E-state index contributed by atoms with van der Waals surface area (Å²) in [5, 5.41) is 1.29. The SMILES string of the molecule is Fc1c(F)c2ccc3cccc4cc(F)c(c1F)c2c34. The van der Waals surface area contributed by atoms with Crippen molar-refractivity contribution >= 4 is 32.3 Å². The van der Waals surface area contributed by atoms with E-state index in [1.807, 2.05) is 0 Å². The van der Waals surface area contributed by atoms with E-state index in [-0.39, 0.29) is 10.8 Å². The van der Waals surface area contributed by atoms with Crippen LogP contribution in [-0.2, 0) is 0 Å². The van der Waals surface area contributed by atoms with Gasteiger partial charge in [-0.1, -0.05) is 30.3 Å². The molecule has 0 unspecified atom stereocenters. The van der Waals surface area contributed by atoms with Crippen molar-refractivity contribution in [2.45, 2.75) is 0 Å². The van der Waals surface area contributed by atoms with Crippen molar-refractivity contribution in [1.82, 2.24) is 0 Å². The molecule has 0 atom stereocenters. The van der Waals surface area contributed by atoms with Crippen molar-refractivity contribution in [3.63, 3.8) is 0 Å². The lowest BCUT2D eigenvalue weighted by Gasteiger charge is -2.13. The molecule has 0 aliphatic rings. The lowest BCUT2D eigenvalue weighted by molar-refractivity contribution is 0.456. The van der Waals surface area contributed by atoms with Crippen molar-refractivity contribution in [3.8, 4) is 0 Å². The number of hydrogen-bond donors (Lipinski definition) is 0. The van der Waals surface area contributed by atoms with Crippen molar-refractivity contribution in [2.75, 3.05) is 0 Å². The second kappa shape index (κ2) is 3.60. The maximum Gasteiger partial charge on any atom is 0.195 e. The molecule has 0 aromatic heterocycles. The number of benzene rings is 4. The van der Waals surface area contributed by atoms with Crippen LogP contribution in [0.25, 0.3) is 32.3 Å². The summed E-state index contributed by atoms with van der Waals surface area (Å²) in [5.41, 5.74) is 0. The Labute approximate surface area is 110 Å². The van der Waals surface area contributed by atoms with Crippen LogP contribution in [-0.4, -0.2) is 0 Å². The summed E-state index contributed by atoms with van der Waals surface area (Å²) in [6.45, 7) is 0. The molecule has 0 nitrogen and oxygen atoms in total. The van der Waals surface area contributed by atoms with Crippen molar-refractivity contribution in [3.05, 3.63) is 59.7 Å². The van der Waals surface area contributed by atoms with E-state index in [4.69, 9.17) is 0 Å². The molecule has 4 heteroatoms. The summed E-state index contributed by atoms with van der Waals surface area (Å²) in [5.74, 6) is -5.30. The van der Waals surface area contributed by atoms with Gasteiger partial charge in [-0.15, -0.1) is 0 Å². The first-order valence-corrected chi connectivity index (χ1v) is 5.99. The first kappa shape index (κ1) is 11.5. The maximum absolute atomic E-state index is 14.1. The van der Waals surface area contributed by atoms with E-state index >= 15 is 0 Å². The molecule has 4 rings (SSSR count). The van der Waals surface area contributed by atoms with Gasteiger partial charge >= 0.3 is 0 Å². The van der Waals surface area contributed by atoms with Crippen LogP contribution in [0, 0.1) is 23.3 Å². The molecule has 20 heavy (non-hydrogen) atoms. The summed E-state index contributed by atoms with van der Waals surface area (Å²) < 4.78 is 55.4. The Bertz CT molecular complexity index is 988. The minimum absolute atomic E-state index is 0.0921. The molecular formula is C16H6F4. The van der Waals surface area contributed by atoms with E-state index in [9.17, 15) is 17.6 Å². The highest BCUT2D eigenvalue weighted by atomic mass is 19.2. The van der Waals surface area contributed by atoms with Gasteiger partial charge in [0.1, 0.15) is 5.82 Å². The smallest absolute Gasteiger partial charge is 0.195 e. The average molecular weight is 274 g/mol. The van der Waals surface area contributed by atoms with Crippen LogP contribution in [0.15, 0.2) is 36.4 Å². The first-order chi connectivity index (χ1) is 9.59. The zero-order chi connectivity index (χ0) is 14.0. The molecule has 0 fully saturated rings. The molecule has 0 saturated heterocycles. The fraction of sp³-hybridized carbons (Fsp3) is 0. The van der Waals surface area contributed by atoms with Crippen molar-refractivity contribution in [2.24, 2.45) is 0 Å². The normalized spacial score (nSPS) is 12.0. The third-order valence-electron chi connectivity index (χ3n) is 3.69. The van der Waals surface area contributed by atoms with Gasteiger partial charge in [-0.3, -0.25) is 0 Å². The van der Waals surface area contributed by atoms with E-state index in [0.717, 1.165) is 11.5 Å². The van der Waals surface area contributed by atoms with Crippen LogP contribution < -0.4 is 0 Å². The van der Waals surface area contributed by atoms with Gasteiger partial charge < -0.3 is 0 Å². The Morgan fingerprint density at radius 2 is 1.35 bits per heavy atom. The summed E-state index contributed by atoms with van der Waals surface area (Å²) in [6.07, 6.45) is 0. The Morgan fingerprint density at radius 1 is 0.600 bits per heavy atom. The molecule has 0 heterocycles. The zero-order valence-electron chi connectivity index (χ0n) is 9.98. The highest BCUT2D eigenvalue weighted by Gasteiger charge is 2.23. The van der Waals surface area contributed by atoms with Crippen LogP contribution in [0.1, 0.15) is 0 Å². The van der Waals surface area contributed by atoms with Gasteiger partial charge in [-0.2, -0.15) is 0 Å². The van der Waals surface area contributed by atoms with Crippen LogP contribution >= 0.6 is 0 Å². The minimum Gasteiger partial charge on any atom is -0.206 e. The van der Waals surface area contributed by atoms with Gasteiger partial charge in [0.15, 0.2) is 17.5 Å². The third kappa shape index (κ3) is 1.21. The van der Waals surface area contributed by atoms with Crippen molar-refractivity contribution in [1.29, 1.82) is 0 Å². The Morgan fingerprint density at radius 3 is 2.15 bits per heavy atom. The minimum atomic E-state index is -1.64. The number of rotatable bonds is 0. The quantitative estimate of drug-likeness (QED) is 0.236. The maximum atomic E-state index is 14.1. The zero-order valence-corrected chi connectivity index (χ0v) is 9.98. The molecule has 0 saturated carbocycles. The summed E-state index contributed by atoms with van der Waals surface area (Å²) >= 11 is 0. The van der Waals surface area contributed by atoms with Gasteiger partial charge in [-0.25, -0.2) is 17.6 Å². The lowest BCUT2D eigenvalue weighted by atomic mass is 9.93. The van der Waals surface area contributed by atoms with Gasteiger partial charge in [0.25, 0.3) is 0 Å². The second-order valence-electron chi connectivity index (χ2n) is 4.74. The largest absolute Gasteiger partial charge is 0.206 e. The molecule has 0 aliphatic heterocycles. The first-order valence-electron chi connectivity index (χ1n) is 5.99. The standard InChI is InChI=1S/C16H6F4/c17-10-6-8-3-1-2-7-4-5-9-12(11(7)8)13(10)15(19)16(20)14(9)18/h1-6H. The van der Waals surface area contributed by atoms with Gasteiger partial charge in [0.2, 0.25) is 0 Å². The fourth-order valence-corrected chi connectivity index (χ4v) is 2.84. The highest BCUT2D eigenvalue weighted by Crippen LogP contribution is 2.39. The third-order valence-corrected chi connectivity index (χ3v) is 3.69. The topological polar surface area (TPSA) is 0 Å². The molecule has 0 radical (unpaired) electrons. The van der Waals surface area contributed by atoms with Gasteiger partial charge in [0, 0.05) is 10.8 Å². The van der Waals surface area contributed by atoms with E-state index in [1.165, 1.54) is 6.07 Å². The Hall–Kier alpha value is -2.36. The Kier molecular flexibility index (Phi) is 2.06. The highest BCUT2D eigenvalue weighted by molar-refractivity contribution is 6.23. The van der Waals surface area contributed by atoms with Crippen LogP contribution in [0.4, 0.5) is 17.6 Å². The van der Waals surface area contributed by atoms with E-state index in [0.29, 0.717) is 10.8 Å². The van der Waals surface area contributed by atoms with Gasteiger partial charge in [-0.05, 0) is 22.2 Å². The summed E-state index contributed by atoms with van der Waals surface area (Å²) in [4.78, 5) is 0. The van der Waals surface area contributed by atoms with Crippen LogP contribution in [0.3, 0.4) is 0 Å². The number of halogens is 4. The molecule has 98 valence electrons. The number of hydrogen-bond acceptors (Lipinski definition) is 0. The van der Waals surface area contributed by atoms with E-state index in [1.54, 1.807) is 24.3 Å². The molecule has 4 aromatic carbocycles. The molecule has 0 spiro atoms. The van der Waals surface area contributed by atoms with Crippen molar-refractivity contribution < 1.29 is 17.6 Å². The fourth-order valence-electron chi connectivity index (χ4n) is 2.84. The predicted octanol–water partition coefficient (Wildman–Crippen LogP) is 5.14. The average Bonchev–Trinajstić information content (AvgIpc) is 2.44. The van der Waals surface area contributed by atoms with E-state index < -0.39 is 28.7 Å². The monoisotopic (exact) mass is 274 g/mol. The molecule has 0 aliphatic carbocycles. The summed E-state index contributed by atoms with van der Waals surface area (Å²) in [7, 11) is 0. The van der Waals surface area contributed by atoms with Crippen LogP contribution in [0.2, 0.25) is 0 Å². The van der Waals surface area contributed by atoms with E-state index in [2.05, 4.69) is 0 Å². The molecular weight excluding hydrogens is 268 g/mol. The predicted molar refractivity (Wildman–Crippen MR) is 70.0 cm³/mol. The molecule has 0 N–H and O–H groups in total. The molecule has 0 bridgehead atoms. The molecule has 0 amide bonds.